The Morgan fingerprint density at radius 2 is 1.81 bits per heavy atom. The molecular weight excluding hydrogens is 773 g/mol. The molecule has 7 aliphatic rings. The summed E-state index contributed by atoms with van der Waals surface area (Å²) in [6.07, 6.45) is 12.0. The van der Waals surface area contributed by atoms with Crippen molar-refractivity contribution in [2.45, 2.75) is 179 Å². The molecule has 1 aliphatic carbocycles. The van der Waals surface area contributed by atoms with Gasteiger partial charge in [-0.3, -0.25) is 4.79 Å². The van der Waals surface area contributed by atoms with Crippen molar-refractivity contribution in [3.63, 3.8) is 0 Å². The molecule has 332 valence electrons. The number of carbonyl (C=O) groups is 1. The first-order valence-corrected chi connectivity index (χ1v) is 25.3. The summed E-state index contributed by atoms with van der Waals surface area (Å²) in [4.78, 5) is 14.8. The fraction of sp³-hybridized carbons (Fsp3) is 0.804. The predicted molar refractivity (Wildman–Crippen MR) is 224 cm³/mol. The van der Waals surface area contributed by atoms with Gasteiger partial charge in [-0.05, 0) is 74.4 Å². The molecule has 17 atom stereocenters. The van der Waals surface area contributed by atoms with Crippen molar-refractivity contribution in [1.82, 2.24) is 0 Å². The Morgan fingerprint density at radius 3 is 2.54 bits per heavy atom. The molecule has 0 amide bonds. The normalized spacial score (nSPS) is 48.9. The highest BCUT2D eigenvalue weighted by Crippen LogP contribution is 2.59. The number of hydrogen-bond donors (Lipinski definition) is 1. The van der Waals surface area contributed by atoms with Crippen LogP contribution >= 0.6 is 0 Å². The first-order chi connectivity index (χ1) is 27.9. The first-order valence-electron chi connectivity index (χ1n) is 22.2. The van der Waals surface area contributed by atoms with Crippen LogP contribution in [0.1, 0.15) is 87.0 Å². The van der Waals surface area contributed by atoms with Crippen LogP contribution in [0.5, 0.6) is 0 Å². The second-order valence-corrected chi connectivity index (χ2v) is 23.8. The van der Waals surface area contributed by atoms with Crippen molar-refractivity contribution in [2.24, 2.45) is 29.1 Å². The molecule has 1 spiro atoms. The summed E-state index contributed by atoms with van der Waals surface area (Å²) in [5, 5.41) is 13.0. The van der Waals surface area contributed by atoms with E-state index in [1.54, 1.807) is 14.2 Å². The van der Waals surface area contributed by atoms with Crippen LogP contribution in [-0.2, 0) is 51.9 Å². The molecule has 0 aromatic rings. The Kier molecular flexibility index (Phi) is 13.6. The highest BCUT2D eigenvalue weighted by atomic mass is 28.4. The molecule has 7 rings (SSSR count). The van der Waals surface area contributed by atoms with Crippen LogP contribution in [0, 0.1) is 29.1 Å². The smallest absolute Gasteiger partial charge is 0.312 e. The third-order valence-corrected chi connectivity index (χ3v) is 17.0. The Morgan fingerprint density at radius 1 is 1.03 bits per heavy atom. The third kappa shape index (κ3) is 9.05. The molecule has 6 heterocycles. The maximum absolute atomic E-state index is 14.8. The topological polar surface area (TPSA) is 130 Å². The summed E-state index contributed by atoms with van der Waals surface area (Å²) in [5.74, 6) is -1.90. The van der Waals surface area contributed by atoms with Crippen molar-refractivity contribution < 1.29 is 57.0 Å². The lowest BCUT2D eigenvalue weighted by Gasteiger charge is -2.51. The average Bonchev–Trinajstić information content (AvgIpc) is 3.65. The third-order valence-electron chi connectivity index (χ3n) is 14.4. The summed E-state index contributed by atoms with van der Waals surface area (Å²) < 4.78 is 64.2. The summed E-state index contributed by atoms with van der Waals surface area (Å²) in [6.45, 7) is 19.7. The van der Waals surface area contributed by atoms with E-state index in [4.69, 9.17) is 47.1 Å². The molecule has 5 fully saturated rings. The van der Waals surface area contributed by atoms with Gasteiger partial charge in [-0.1, -0.05) is 71.4 Å². The van der Waals surface area contributed by atoms with Crippen LogP contribution < -0.4 is 0 Å². The lowest BCUT2D eigenvalue weighted by Crippen LogP contribution is -2.63. The van der Waals surface area contributed by atoms with E-state index < -0.39 is 50.1 Å². The molecule has 4 saturated heterocycles. The standard InChI is InChI=1S/C46H72O12Si/c1-12-27(2)39-30(5)18-19-45(57-39)22-34-20-33(56-45)17-16-29(4)38(55-37-21-36(50-9)40(31(6)53-37)52-26-49-8)28(3)14-13-15-32-24-51-42-41-44(7,25-59(10,11)58-41)23-35(43(47)54-34)46(32,42)48/h13-16,18-19,27-28,30-31,33-42,48H,12,17,20-26H2,1-11H3/b14-13+,29-16+,32-15+/t27?,28-,30-,31-,33+,34-,35+,36-,37-,38-,39+,40-,41-,42+,44-,45-,46+/m0/s1. The number of carbonyl (C=O) groups excluding carboxylic acids is 1. The van der Waals surface area contributed by atoms with Gasteiger partial charge in [0.25, 0.3) is 0 Å². The van der Waals surface area contributed by atoms with Crippen molar-refractivity contribution in [3.8, 4) is 0 Å². The van der Waals surface area contributed by atoms with Crippen molar-refractivity contribution >= 4 is 14.3 Å². The molecule has 1 unspecified atom stereocenters. The second-order valence-electron chi connectivity index (χ2n) is 19.7. The van der Waals surface area contributed by atoms with Gasteiger partial charge in [0.15, 0.2) is 20.4 Å². The van der Waals surface area contributed by atoms with Crippen LogP contribution in [0.3, 0.4) is 0 Å². The Hall–Kier alpha value is -1.75. The quantitative estimate of drug-likeness (QED) is 0.115. The molecule has 1 N–H and O–H groups in total. The lowest BCUT2D eigenvalue weighted by molar-refractivity contribution is -0.300. The van der Waals surface area contributed by atoms with Crippen molar-refractivity contribution in [1.29, 1.82) is 0 Å². The number of methoxy groups -OCH3 is 2. The van der Waals surface area contributed by atoms with Gasteiger partial charge in [0.2, 0.25) is 0 Å². The fourth-order valence-corrected chi connectivity index (χ4v) is 14.9. The van der Waals surface area contributed by atoms with E-state index in [0.29, 0.717) is 43.6 Å². The summed E-state index contributed by atoms with van der Waals surface area (Å²) >= 11 is 0. The first kappa shape index (κ1) is 45.3. The fourth-order valence-electron chi connectivity index (χ4n) is 11.4. The minimum Gasteiger partial charge on any atom is -0.462 e. The van der Waals surface area contributed by atoms with E-state index >= 15 is 0 Å². The van der Waals surface area contributed by atoms with Gasteiger partial charge in [0.05, 0.1) is 49.1 Å². The van der Waals surface area contributed by atoms with Gasteiger partial charge in [0, 0.05) is 45.3 Å². The average molecular weight is 845 g/mol. The van der Waals surface area contributed by atoms with Gasteiger partial charge in [-0.15, -0.1) is 0 Å². The van der Waals surface area contributed by atoms with E-state index in [2.05, 4.69) is 72.9 Å². The minimum atomic E-state index is -2.09. The summed E-state index contributed by atoms with van der Waals surface area (Å²) in [7, 11) is 1.19. The van der Waals surface area contributed by atoms with Crippen LogP contribution in [0.2, 0.25) is 19.1 Å². The molecule has 12 nitrogen and oxygen atoms in total. The summed E-state index contributed by atoms with van der Waals surface area (Å²) in [6, 6.07) is 0.875. The van der Waals surface area contributed by atoms with Crippen molar-refractivity contribution in [2.75, 3.05) is 27.6 Å². The number of aliphatic hydroxyl groups is 1. The van der Waals surface area contributed by atoms with Crippen LogP contribution in [-0.4, -0.2) is 120 Å². The van der Waals surface area contributed by atoms with Gasteiger partial charge in [-0.2, -0.15) is 0 Å². The van der Waals surface area contributed by atoms with Crippen LogP contribution in [0.25, 0.3) is 0 Å². The zero-order valence-electron chi connectivity index (χ0n) is 37.3. The number of esters is 1. The molecule has 59 heavy (non-hydrogen) atoms. The lowest BCUT2D eigenvalue weighted by atomic mass is 9.60. The molecule has 0 radical (unpaired) electrons. The Balaban J connectivity index is 1.25. The van der Waals surface area contributed by atoms with E-state index in [9.17, 15) is 9.90 Å². The van der Waals surface area contributed by atoms with E-state index in [0.717, 1.165) is 18.0 Å². The number of ether oxygens (including phenoxy) is 9. The summed E-state index contributed by atoms with van der Waals surface area (Å²) in [5.41, 5.74) is -0.265. The number of rotatable bonds is 8. The molecule has 2 bridgehead atoms. The maximum atomic E-state index is 14.8. The van der Waals surface area contributed by atoms with E-state index in [1.807, 2.05) is 25.2 Å². The highest BCUT2D eigenvalue weighted by molar-refractivity contribution is 6.72. The van der Waals surface area contributed by atoms with Crippen LogP contribution in [0.4, 0.5) is 0 Å². The molecule has 0 aromatic heterocycles. The predicted octanol–water partition coefficient (Wildman–Crippen LogP) is 7.16. The minimum absolute atomic E-state index is 0.0520. The SMILES string of the molecule is CCC(C)[C@H]1O[C@@]2(C=C[C@@H]1C)C[C@@H]1C[C@@H](C/C=C(\C)[C@@H](O[C@H]3C[C@H](OC)[C@@H](OCOC)[C@H](C)O3)[C@@H](C)/C=C/C=C3\CO[C@@H]4[C@@H]5O[Si](C)(C)C[C@]5(C)C[C@H](C(=O)O1)[C@]34O)O2. The zero-order valence-corrected chi connectivity index (χ0v) is 38.3. The zero-order chi connectivity index (χ0) is 42.5. The number of fused-ring (bicyclic) bond motifs is 4. The maximum Gasteiger partial charge on any atom is 0.312 e. The largest absolute Gasteiger partial charge is 0.462 e. The molecule has 13 heteroatoms. The Labute approximate surface area is 353 Å². The Bertz CT molecular complexity index is 1630. The molecule has 6 aliphatic heterocycles. The van der Waals surface area contributed by atoms with E-state index in [-0.39, 0.29) is 73.4 Å². The molecule has 1 saturated carbocycles. The molecular formula is C46H72O12Si. The van der Waals surface area contributed by atoms with Crippen LogP contribution in [0.15, 0.2) is 47.6 Å². The van der Waals surface area contributed by atoms with Gasteiger partial charge >= 0.3 is 5.97 Å². The van der Waals surface area contributed by atoms with E-state index in [1.165, 1.54) is 0 Å². The van der Waals surface area contributed by atoms with Gasteiger partial charge < -0.3 is 52.2 Å². The monoisotopic (exact) mass is 844 g/mol. The van der Waals surface area contributed by atoms with Crippen molar-refractivity contribution in [3.05, 3.63) is 47.6 Å². The number of hydrogen-bond acceptors (Lipinski definition) is 12. The number of allylic oxidation sites excluding steroid dienone is 2. The highest BCUT2D eigenvalue weighted by Gasteiger charge is 2.69. The van der Waals surface area contributed by atoms with Gasteiger partial charge in [-0.25, -0.2) is 0 Å². The second kappa shape index (κ2) is 17.8. The molecule has 0 aromatic carbocycles. The van der Waals surface area contributed by atoms with Gasteiger partial charge in [0.1, 0.15) is 30.7 Å².